The molecule has 168 valence electrons. The number of carbonyl (C=O) groups excluding carboxylic acids is 4. The lowest BCUT2D eigenvalue weighted by atomic mass is 9.85. The Morgan fingerprint density at radius 3 is 1.79 bits per heavy atom. The zero-order valence-corrected chi connectivity index (χ0v) is 19.2. The van der Waals surface area contributed by atoms with Crippen molar-refractivity contribution in [2.75, 3.05) is 0 Å². The molecular formula is C25H20Cl2N2O4. The fourth-order valence-corrected chi connectivity index (χ4v) is 5.48. The second kappa shape index (κ2) is 8.12. The first-order chi connectivity index (χ1) is 15.8. The molecule has 6 nitrogen and oxygen atoms in total. The molecule has 0 aromatic heterocycles. The number of allylic oxidation sites excluding steroid dienone is 2. The Morgan fingerprint density at radius 1 is 0.848 bits per heavy atom. The second-order valence-electron chi connectivity index (χ2n) is 8.69. The summed E-state index contributed by atoms with van der Waals surface area (Å²) in [5.74, 6) is -2.92. The number of carbonyl (C=O) groups is 4. The minimum absolute atomic E-state index is 0.0174. The van der Waals surface area contributed by atoms with E-state index in [0.717, 1.165) is 16.4 Å². The normalized spacial score (nSPS) is 26.0. The fraction of sp³-hybridized carbons (Fsp3) is 0.280. The molecule has 0 spiro atoms. The van der Waals surface area contributed by atoms with E-state index in [1.165, 1.54) is 19.1 Å². The summed E-state index contributed by atoms with van der Waals surface area (Å²) in [7, 11) is 0. The van der Waals surface area contributed by atoms with E-state index in [2.05, 4.69) is 0 Å². The zero-order chi connectivity index (χ0) is 23.4. The number of rotatable bonds is 5. The molecule has 2 aliphatic carbocycles. The Bertz CT molecular complexity index is 1160. The number of hydrogen-bond donors (Lipinski definition) is 0. The highest BCUT2D eigenvalue weighted by Gasteiger charge is 2.61. The highest BCUT2D eigenvalue weighted by atomic mass is 35.5. The Labute approximate surface area is 200 Å². The molecule has 33 heavy (non-hydrogen) atoms. The first-order valence-corrected chi connectivity index (χ1v) is 11.5. The van der Waals surface area contributed by atoms with Gasteiger partial charge in [0.25, 0.3) is 17.7 Å². The average Bonchev–Trinajstić information content (AvgIpc) is 3.49. The second-order valence-corrected chi connectivity index (χ2v) is 9.56. The Morgan fingerprint density at radius 2 is 1.30 bits per heavy atom. The van der Waals surface area contributed by atoms with Crippen LogP contribution in [0.25, 0.3) is 0 Å². The summed E-state index contributed by atoms with van der Waals surface area (Å²) in [6.07, 6.45) is 4.73. The van der Waals surface area contributed by atoms with Gasteiger partial charge in [-0.2, -0.15) is 5.01 Å². The van der Waals surface area contributed by atoms with Gasteiger partial charge in [0.05, 0.1) is 11.8 Å². The number of amides is 3. The van der Waals surface area contributed by atoms with Crippen LogP contribution in [0.3, 0.4) is 0 Å². The first kappa shape index (κ1) is 21.9. The lowest BCUT2D eigenvalue weighted by Gasteiger charge is -2.35. The van der Waals surface area contributed by atoms with E-state index in [0.29, 0.717) is 15.6 Å². The number of ketones is 1. The van der Waals surface area contributed by atoms with Crippen LogP contribution < -0.4 is 0 Å². The lowest BCUT2D eigenvalue weighted by molar-refractivity contribution is -0.157. The molecule has 3 amide bonds. The van der Waals surface area contributed by atoms with Crippen molar-refractivity contribution >= 4 is 46.7 Å². The molecule has 1 saturated heterocycles. The average molecular weight is 483 g/mol. The summed E-state index contributed by atoms with van der Waals surface area (Å²) in [6, 6.07) is 11.3. The third kappa shape index (κ3) is 3.49. The number of imide groups is 1. The largest absolute Gasteiger partial charge is 0.292 e. The van der Waals surface area contributed by atoms with E-state index in [-0.39, 0.29) is 17.4 Å². The summed E-state index contributed by atoms with van der Waals surface area (Å²) < 4.78 is 0. The van der Waals surface area contributed by atoms with Gasteiger partial charge in [0, 0.05) is 21.2 Å². The van der Waals surface area contributed by atoms with Crippen LogP contribution in [-0.2, 0) is 9.59 Å². The molecule has 5 rings (SSSR count). The van der Waals surface area contributed by atoms with Crippen LogP contribution in [0.2, 0.25) is 10.0 Å². The van der Waals surface area contributed by atoms with Gasteiger partial charge in [0.15, 0.2) is 5.78 Å². The number of benzene rings is 2. The SMILES string of the molecule is C[C@@H](C(=O)c1ccc(Cl)cc1)N(C(=O)c1ccc(Cl)cc1)N1C(=O)[C@@H]2[C@H](C1=O)[C@H]1C=C[C@H]2C1. The molecular weight excluding hydrogens is 463 g/mol. The highest BCUT2D eigenvalue weighted by Crippen LogP contribution is 2.53. The molecule has 2 aromatic carbocycles. The van der Waals surface area contributed by atoms with Gasteiger partial charge in [-0.15, -0.1) is 0 Å². The van der Waals surface area contributed by atoms with E-state index in [1.807, 2.05) is 12.2 Å². The van der Waals surface area contributed by atoms with Crippen molar-refractivity contribution in [1.82, 2.24) is 10.0 Å². The minimum Gasteiger partial charge on any atom is -0.292 e. The molecule has 2 fully saturated rings. The van der Waals surface area contributed by atoms with Crippen LogP contribution in [-0.4, -0.2) is 39.6 Å². The van der Waals surface area contributed by atoms with Crippen LogP contribution in [0.15, 0.2) is 60.7 Å². The van der Waals surface area contributed by atoms with Crippen molar-refractivity contribution < 1.29 is 19.2 Å². The molecule has 3 aliphatic rings. The van der Waals surface area contributed by atoms with Crippen molar-refractivity contribution in [2.45, 2.75) is 19.4 Å². The highest BCUT2D eigenvalue weighted by molar-refractivity contribution is 6.31. The molecule has 1 aliphatic heterocycles. The van der Waals surface area contributed by atoms with Crippen LogP contribution in [0, 0.1) is 23.7 Å². The number of fused-ring (bicyclic) bond motifs is 5. The van der Waals surface area contributed by atoms with Crippen molar-refractivity contribution in [3.63, 3.8) is 0 Å². The molecule has 1 saturated carbocycles. The molecule has 1 heterocycles. The summed E-state index contributed by atoms with van der Waals surface area (Å²) in [4.78, 5) is 53.8. The zero-order valence-electron chi connectivity index (χ0n) is 17.7. The molecule has 2 bridgehead atoms. The number of halogens is 2. The van der Waals surface area contributed by atoms with Crippen LogP contribution in [0.1, 0.15) is 34.1 Å². The van der Waals surface area contributed by atoms with Crippen LogP contribution >= 0.6 is 23.2 Å². The maximum absolute atomic E-state index is 13.6. The van der Waals surface area contributed by atoms with Crippen molar-refractivity contribution in [1.29, 1.82) is 0 Å². The summed E-state index contributed by atoms with van der Waals surface area (Å²) in [5.41, 5.74) is 0.538. The summed E-state index contributed by atoms with van der Waals surface area (Å²) in [6.45, 7) is 1.52. The van der Waals surface area contributed by atoms with E-state index in [1.54, 1.807) is 36.4 Å². The standard InChI is InChI=1S/C25H20Cl2N2O4/c1-13(22(30)14-4-8-18(26)9-5-14)28(23(31)15-6-10-19(27)11-7-15)29-24(32)20-16-2-3-17(12-16)21(20)25(29)33/h2-11,13,16-17,20-21H,12H2,1H3/t13-,16-,17-,20-,21+/m0/s1. The van der Waals surface area contributed by atoms with Gasteiger partial charge in [0.1, 0.15) is 6.04 Å². The predicted octanol–water partition coefficient (Wildman–Crippen LogP) is 4.43. The number of hydrazine groups is 1. The van der Waals surface area contributed by atoms with Crippen molar-refractivity contribution in [3.8, 4) is 0 Å². The van der Waals surface area contributed by atoms with Crippen LogP contribution in [0.5, 0.6) is 0 Å². The maximum atomic E-state index is 13.6. The third-order valence-corrected chi connectivity index (χ3v) is 7.34. The van der Waals surface area contributed by atoms with E-state index >= 15 is 0 Å². The molecule has 5 atom stereocenters. The van der Waals surface area contributed by atoms with Gasteiger partial charge in [0.2, 0.25) is 0 Å². The van der Waals surface area contributed by atoms with E-state index in [4.69, 9.17) is 23.2 Å². The summed E-state index contributed by atoms with van der Waals surface area (Å²) >= 11 is 11.9. The number of nitrogens with zero attached hydrogens (tertiary/aromatic N) is 2. The smallest absolute Gasteiger partial charge is 0.273 e. The van der Waals surface area contributed by atoms with E-state index in [9.17, 15) is 19.2 Å². The lowest BCUT2D eigenvalue weighted by Crippen LogP contribution is -2.56. The monoisotopic (exact) mass is 482 g/mol. The Balaban J connectivity index is 1.54. The van der Waals surface area contributed by atoms with Gasteiger partial charge in [-0.1, -0.05) is 35.4 Å². The van der Waals surface area contributed by atoms with Gasteiger partial charge in [-0.05, 0) is 73.7 Å². The topological polar surface area (TPSA) is 74.8 Å². The van der Waals surface area contributed by atoms with Gasteiger partial charge in [-0.25, -0.2) is 5.01 Å². The van der Waals surface area contributed by atoms with Gasteiger partial charge in [-0.3, -0.25) is 19.2 Å². The maximum Gasteiger partial charge on any atom is 0.273 e. The van der Waals surface area contributed by atoms with Crippen molar-refractivity contribution in [2.24, 2.45) is 23.7 Å². The van der Waals surface area contributed by atoms with E-state index < -0.39 is 41.4 Å². The Hall–Kier alpha value is -2.96. The first-order valence-electron chi connectivity index (χ1n) is 10.7. The summed E-state index contributed by atoms with van der Waals surface area (Å²) in [5, 5.41) is 2.84. The van der Waals surface area contributed by atoms with Crippen molar-refractivity contribution in [3.05, 3.63) is 81.9 Å². The number of Topliss-reactive ketones (excluding diaryl/α,β-unsaturated/α-hetero) is 1. The molecule has 0 radical (unpaired) electrons. The minimum atomic E-state index is -1.10. The third-order valence-electron chi connectivity index (χ3n) is 6.84. The predicted molar refractivity (Wildman–Crippen MR) is 122 cm³/mol. The van der Waals surface area contributed by atoms with Gasteiger partial charge < -0.3 is 0 Å². The molecule has 2 aromatic rings. The number of hydrogen-bond acceptors (Lipinski definition) is 4. The molecule has 8 heteroatoms. The fourth-order valence-electron chi connectivity index (χ4n) is 5.23. The van der Waals surface area contributed by atoms with Gasteiger partial charge >= 0.3 is 0 Å². The Kier molecular flexibility index (Phi) is 5.38. The molecule has 0 N–H and O–H groups in total. The van der Waals surface area contributed by atoms with Crippen LogP contribution in [0.4, 0.5) is 0 Å². The molecule has 0 unspecified atom stereocenters. The quantitative estimate of drug-likeness (QED) is 0.358.